The molecule has 0 aliphatic rings. The molecule has 9 heteroatoms. The van der Waals surface area contributed by atoms with E-state index in [1.165, 1.54) is 23.1 Å². The normalized spacial score (nSPS) is 10.4. The molecule has 0 saturated heterocycles. The summed E-state index contributed by atoms with van der Waals surface area (Å²) in [5.41, 5.74) is 0.629. The Labute approximate surface area is 148 Å². The molecule has 2 rings (SSSR count). The summed E-state index contributed by atoms with van der Waals surface area (Å²) >= 11 is 8.81. The van der Waals surface area contributed by atoms with Crippen LogP contribution in [0.15, 0.2) is 22.5 Å². The molecule has 0 aliphatic carbocycles. The average molecular weight is 373 g/mol. The van der Waals surface area contributed by atoms with Crippen LogP contribution in [0.25, 0.3) is 0 Å². The first-order valence-electron chi connectivity index (χ1n) is 6.96. The van der Waals surface area contributed by atoms with Crippen LogP contribution in [0.5, 0.6) is 5.75 Å². The Balaban J connectivity index is 1.83. The minimum Gasteiger partial charge on any atom is -0.495 e. The number of carbonyl (C=O) groups excluding carboxylic acids is 1. The van der Waals surface area contributed by atoms with Crippen molar-refractivity contribution in [1.29, 1.82) is 0 Å². The molecule has 1 aromatic heterocycles. The molecule has 124 valence electrons. The van der Waals surface area contributed by atoms with Crippen molar-refractivity contribution in [3.8, 4) is 5.75 Å². The summed E-state index contributed by atoms with van der Waals surface area (Å²) < 4.78 is 5.83. The molecule has 2 N–H and O–H groups in total. The zero-order chi connectivity index (χ0) is 16.7. The maximum Gasteiger partial charge on any atom is 0.234 e. The van der Waals surface area contributed by atoms with Crippen LogP contribution in [0, 0.1) is 0 Å². The lowest BCUT2D eigenvalue weighted by atomic mass is 10.3. The lowest BCUT2D eigenvalue weighted by molar-refractivity contribution is -0.113. The average Bonchev–Trinajstić information content (AvgIpc) is 2.99. The molecule has 0 bridgehead atoms. The van der Waals surface area contributed by atoms with Crippen molar-refractivity contribution in [3.63, 3.8) is 0 Å². The van der Waals surface area contributed by atoms with E-state index in [1.807, 2.05) is 0 Å². The van der Waals surface area contributed by atoms with Crippen LogP contribution in [-0.2, 0) is 4.79 Å². The largest absolute Gasteiger partial charge is 0.495 e. The summed E-state index contributed by atoms with van der Waals surface area (Å²) in [5.74, 6) is 0.695. The van der Waals surface area contributed by atoms with E-state index in [4.69, 9.17) is 16.3 Å². The number of nitrogens with one attached hydrogen (secondary N) is 2. The summed E-state index contributed by atoms with van der Waals surface area (Å²) in [5, 5.41) is 15.2. The zero-order valence-electron chi connectivity index (χ0n) is 12.8. The Hall–Kier alpha value is -1.51. The van der Waals surface area contributed by atoms with Crippen LogP contribution in [0.2, 0.25) is 5.02 Å². The maximum atomic E-state index is 12.0. The summed E-state index contributed by atoms with van der Waals surface area (Å²) in [6, 6.07) is 5.10. The molecule has 0 atom stereocenters. The molecule has 0 unspecified atom stereocenters. The molecule has 1 amide bonds. The monoisotopic (exact) mass is 372 g/mol. The van der Waals surface area contributed by atoms with E-state index < -0.39 is 0 Å². The fourth-order valence-corrected chi connectivity index (χ4v) is 3.48. The number of aromatic nitrogens is 2. The highest BCUT2D eigenvalue weighted by Gasteiger charge is 2.09. The molecule has 2 aromatic rings. The van der Waals surface area contributed by atoms with Crippen molar-refractivity contribution in [1.82, 2.24) is 10.2 Å². The number of hydrogen-bond acceptors (Lipinski definition) is 7. The van der Waals surface area contributed by atoms with E-state index in [2.05, 4.69) is 27.8 Å². The van der Waals surface area contributed by atoms with Crippen molar-refractivity contribution in [2.75, 3.05) is 30.0 Å². The molecular weight excluding hydrogens is 356 g/mol. The van der Waals surface area contributed by atoms with E-state index in [9.17, 15) is 4.79 Å². The van der Waals surface area contributed by atoms with E-state index in [1.54, 1.807) is 25.3 Å². The second kappa shape index (κ2) is 8.95. The van der Waals surface area contributed by atoms with Crippen LogP contribution in [0.1, 0.15) is 13.3 Å². The van der Waals surface area contributed by atoms with Gasteiger partial charge in [0.05, 0.1) is 17.9 Å². The molecule has 0 saturated carbocycles. The second-order valence-electron chi connectivity index (χ2n) is 4.49. The first-order valence-corrected chi connectivity index (χ1v) is 9.14. The zero-order valence-corrected chi connectivity index (χ0v) is 15.1. The third kappa shape index (κ3) is 5.56. The number of ether oxygens (including phenoxy) is 1. The number of amides is 1. The summed E-state index contributed by atoms with van der Waals surface area (Å²) in [6.07, 6.45) is 1.02. The summed E-state index contributed by atoms with van der Waals surface area (Å²) in [7, 11) is 1.54. The third-order valence-electron chi connectivity index (χ3n) is 2.69. The number of thioether (sulfide) groups is 1. The van der Waals surface area contributed by atoms with E-state index >= 15 is 0 Å². The number of hydrogen-bond donors (Lipinski definition) is 2. The van der Waals surface area contributed by atoms with E-state index in [0.29, 0.717) is 16.5 Å². The van der Waals surface area contributed by atoms with Crippen LogP contribution in [-0.4, -0.2) is 35.5 Å². The minimum atomic E-state index is -0.130. The minimum absolute atomic E-state index is 0.130. The van der Waals surface area contributed by atoms with Gasteiger partial charge in [-0.2, -0.15) is 0 Å². The topological polar surface area (TPSA) is 76.1 Å². The molecule has 23 heavy (non-hydrogen) atoms. The van der Waals surface area contributed by atoms with Gasteiger partial charge in [-0.15, -0.1) is 10.2 Å². The number of methoxy groups -OCH3 is 1. The first-order chi connectivity index (χ1) is 11.1. The highest BCUT2D eigenvalue weighted by Crippen LogP contribution is 2.28. The number of halogens is 1. The highest BCUT2D eigenvalue weighted by atomic mass is 35.5. The molecule has 1 aromatic carbocycles. The quantitative estimate of drug-likeness (QED) is 0.687. The number of nitrogens with zero attached hydrogens (tertiary/aromatic N) is 2. The van der Waals surface area contributed by atoms with Gasteiger partial charge in [0.15, 0.2) is 4.34 Å². The van der Waals surface area contributed by atoms with Crippen LogP contribution in [0.4, 0.5) is 10.8 Å². The highest BCUT2D eigenvalue weighted by molar-refractivity contribution is 8.01. The van der Waals surface area contributed by atoms with Gasteiger partial charge >= 0.3 is 0 Å². The summed E-state index contributed by atoms with van der Waals surface area (Å²) in [6.45, 7) is 2.94. The van der Waals surface area contributed by atoms with Crippen LogP contribution >= 0.6 is 34.7 Å². The van der Waals surface area contributed by atoms with Crippen molar-refractivity contribution >= 4 is 51.4 Å². The molecule has 0 aliphatic heterocycles. The molecule has 1 heterocycles. The van der Waals surface area contributed by atoms with Crippen molar-refractivity contribution in [2.24, 2.45) is 0 Å². The van der Waals surface area contributed by atoms with Gasteiger partial charge in [0.25, 0.3) is 0 Å². The Bertz CT molecular complexity index is 666. The molecular formula is C14H17ClN4O2S2. The predicted molar refractivity (Wildman–Crippen MR) is 96.0 cm³/mol. The summed E-state index contributed by atoms with van der Waals surface area (Å²) in [4.78, 5) is 12.0. The van der Waals surface area contributed by atoms with Crippen molar-refractivity contribution in [2.45, 2.75) is 17.7 Å². The predicted octanol–water partition coefficient (Wildman–Crippen LogP) is 3.75. The van der Waals surface area contributed by atoms with Gasteiger partial charge < -0.3 is 15.4 Å². The second-order valence-corrected chi connectivity index (χ2v) is 7.09. The lowest BCUT2D eigenvalue weighted by Gasteiger charge is -2.07. The fraction of sp³-hybridized carbons (Fsp3) is 0.357. The standard InChI is InChI=1S/C14H17ClN4O2S2/c1-3-6-16-13-18-19-14(23-13)22-8-12(20)17-9-4-5-11(21-2)10(15)7-9/h4-5,7H,3,6,8H2,1-2H3,(H,16,18)(H,17,20). The van der Waals surface area contributed by atoms with Crippen molar-refractivity contribution < 1.29 is 9.53 Å². The van der Waals surface area contributed by atoms with Crippen molar-refractivity contribution in [3.05, 3.63) is 23.2 Å². The van der Waals surface area contributed by atoms with Gasteiger partial charge in [0, 0.05) is 12.2 Å². The maximum absolute atomic E-state index is 12.0. The van der Waals surface area contributed by atoms with Gasteiger partial charge in [0.2, 0.25) is 11.0 Å². The SMILES string of the molecule is CCCNc1nnc(SCC(=O)Nc2ccc(OC)c(Cl)c2)s1. The number of rotatable bonds is 8. The van der Waals surface area contributed by atoms with Gasteiger partial charge in [0.1, 0.15) is 5.75 Å². The first kappa shape index (κ1) is 17.8. The smallest absolute Gasteiger partial charge is 0.234 e. The van der Waals surface area contributed by atoms with Gasteiger partial charge in [-0.25, -0.2) is 0 Å². The van der Waals surface area contributed by atoms with E-state index in [-0.39, 0.29) is 11.7 Å². The molecule has 0 radical (unpaired) electrons. The molecule has 0 fully saturated rings. The Kier molecular flexibility index (Phi) is 6.94. The van der Waals surface area contributed by atoms with Crippen LogP contribution < -0.4 is 15.4 Å². The third-order valence-corrected chi connectivity index (χ3v) is 5.00. The van der Waals surface area contributed by atoms with Gasteiger partial charge in [-0.1, -0.05) is 41.6 Å². The Morgan fingerprint density at radius 1 is 1.43 bits per heavy atom. The number of anilines is 2. The molecule has 6 nitrogen and oxygen atoms in total. The molecule has 0 spiro atoms. The Morgan fingerprint density at radius 3 is 2.96 bits per heavy atom. The number of benzene rings is 1. The number of carbonyl (C=O) groups is 1. The Morgan fingerprint density at radius 2 is 2.26 bits per heavy atom. The lowest BCUT2D eigenvalue weighted by Crippen LogP contribution is -2.13. The van der Waals surface area contributed by atoms with Gasteiger partial charge in [-0.3, -0.25) is 4.79 Å². The van der Waals surface area contributed by atoms with Gasteiger partial charge in [-0.05, 0) is 24.6 Å². The van der Waals surface area contributed by atoms with Crippen LogP contribution in [0.3, 0.4) is 0 Å². The fourth-order valence-electron chi connectivity index (χ4n) is 1.64. The van der Waals surface area contributed by atoms with E-state index in [0.717, 1.165) is 22.4 Å².